The molecule has 1 amide bonds. The molecule has 4 nitrogen and oxygen atoms in total. The van der Waals surface area contributed by atoms with Gasteiger partial charge in [-0.15, -0.1) is 0 Å². The van der Waals surface area contributed by atoms with Crippen molar-refractivity contribution in [3.8, 4) is 5.75 Å². The largest absolute Gasteiger partial charge is 0.483 e. The molecule has 1 N–H and O–H groups in total. The maximum absolute atomic E-state index is 12.2. The van der Waals surface area contributed by atoms with Gasteiger partial charge in [0, 0.05) is 24.0 Å². The second-order valence-electron chi connectivity index (χ2n) is 5.73. The molecule has 21 heavy (non-hydrogen) atoms. The fraction of sp³-hybridized carbons (Fsp3) is 0.533. The van der Waals surface area contributed by atoms with Crippen LogP contribution in [0.5, 0.6) is 5.75 Å². The lowest BCUT2D eigenvalue weighted by Crippen LogP contribution is -2.34. The van der Waals surface area contributed by atoms with E-state index in [1.807, 2.05) is 4.90 Å². The molecule has 1 saturated heterocycles. The fourth-order valence-electron chi connectivity index (χ4n) is 3.26. The van der Waals surface area contributed by atoms with Crippen LogP contribution in [0.3, 0.4) is 0 Å². The minimum Gasteiger partial charge on any atom is -0.483 e. The van der Waals surface area contributed by atoms with Gasteiger partial charge in [-0.1, -0.05) is 11.6 Å². The zero-order valence-corrected chi connectivity index (χ0v) is 13.8. The fourth-order valence-corrected chi connectivity index (χ4v) is 4.06. The van der Waals surface area contributed by atoms with Gasteiger partial charge < -0.3 is 14.7 Å². The van der Waals surface area contributed by atoms with E-state index in [1.54, 1.807) is 18.2 Å². The Kier molecular flexibility index (Phi) is 4.43. The molecule has 0 bridgehead atoms. The third kappa shape index (κ3) is 3.20. The first-order valence-corrected chi connectivity index (χ1v) is 8.25. The third-order valence-electron chi connectivity index (χ3n) is 4.42. The molecule has 0 aromatic heterocycles. The van der Waals surface area contributed by atoms with Gasteiger partial charge >= 0.3 is 0 Å². The summed E-state index contributed by atoms with van der Waals surface area (Å²) < 4.78 is 6.29. The van der Waals surface area contributed by atoms with Crippen molar-refractivity contribution in [2.45, 2.75) is 18.9 Å². The Morgan fingerprint density at radius 1 is 1.43 bits per heavy atom. The zero-order chi connectivity index (χ0) is 15.0. The van der Waals surface area contributed by atoms with Gasteiger partial charge in [0.25, 0.3) is 5.91 Å². The van der Waals surface area contributed by atoms with Crippen LogP contribution in [0, 0.1) is 11.8 Å². The van der Waals surface area contributed by atoms with Crippen LogP contribution in [-0.2, 0) is 4.79 Å². The number of hydrogen-bond donors (Lipinski definition) is 1. The Labute approximate surface area is 137 Å². The summed E-state index contributed by atoms with van der Waals surface area (Å²) >= 11 is 9.23. The molecule has 2 fully saturated rings. The number of hydrogen-bond acceptors (Lipinski definition) is 3. The number of amides is 1. The topological polar surface area (TPSA) is 49.8 Å². The summed E-state index contributed by atoms with van der Waals surface area (Å²) in [6.07, 6.45) is 1.63. The van der Waals surface area contributed by atoms with E-state index in [0.717, 1.165) is 23.9 Å². The van der Waals surface area contributed by atoms with E-state index in [9.17, 15) is 9.90 Å². The number of rotatable bonds is 3. The number of likely N-dealkylation sites (tertiary alicyclic amines) is 1. The maximum Gasteiger partial charge on any atom is 0.260 e. The van der Waals surface area contributed by atoms with Gasteiger partial charge in [-0.3, -0.25) is 4.79 Å². The quantitative estimate of drug-likeness (QED) is 0.885. The highest BCUT2D eigenvalue weighted by Gasteiger charge is 2.43. The van der Waals surface area contributed by atoms with E-state index in [0.29, 0.717) is 23.2 Å². The van der Waals surface area contributed by atoms with E-state index in [-0.39, 0.29) is 24.5 Å². The second kappa shape index (κ2) is 6.15. The molecule has 2 aliphatic rings. The van der Waals surface area contributed by atoms with Crippen molar-refractivity contribution in [2.75, 3.05) is 19.7 Å². The second-order valence-corrected chi connectivity index (χ2v) is 7.02. The molecule has 1 aromatic rings. The Balaban J connectivity index is 1.55. The molecule has 1 aliphatic heterocycles. The molecule has 3 rings (SSSR count). The van der Waals surface area contributed by atoms with E-state index in [2.05, 4.69) is 15.9 Å². The van der Waals surface area contributed by atoms with Crippen LogP contribution in [0.4, 0.5) is 0 Å². The lowest BCUT2D eigenvalue weighted by atomic mass is 10.00. The number of benzene rings is 1. The van der Waals surface area contributed by atoms with Crippen molar-refractivity contribution in [3.05, 3.63) is 27.7 Å². The summed E-state index contributed by atoms with van der Waals surface area (Å²) in [7, 11) is 0. The number of halogens is 2. The molecule has 6 heteroatoms. The van der Waals surface area contributed by atoms with Crippen LogP contribution in [0.1, 0.15) is 12.8 Å². The van der Waals surface area contributed by atoms with Gasteiger partial charge in [-0.25, -0.2) is 0 Å². The van der Waals surface area contributed by atoms with Crippen LogP contribution >= 0.6 is 27.5 Å². The number of ether oxygens (including phenoxy) is 1. The number of aliphatic hydroxyl groups is 1. The van der Waals surface area contributed by atoms with E-state index >= 15 is 0 Å². The standard InChI is InChI=1S/C15H17BrClNO3/c16-12-5-10(17)2-4-14(12)21-8-15(20)18-6-9-1-3-13(19)11(9)7-18/h2,4-5,9,11,13,19H,1,3,6-8H2. The predicted octanol–water partition coefficient (Wildman–Crippen LogP) is 2.71. The lowest BCUT2D eigenvalue weighted by molar-refractivity contribution is -0.132. The van der Waals surface area contributed by atoms with Crippen molar-refractivity contribution >= 4 is 33.4 Å². The minimum atomic E-state index is -0.251. The summed E-state index contributed by atoms with van der Waals surface area (Å²) in [6.45, 7) is 1.40. The van der Waals surface area contributed by atoms with Crippen LogP contribution in [-0.4, -0.2) is 41.7 Å². The number of aliphatic hydroxyl groups excluding tert-OH is 1. The van der Waals surface area contributed by atoms with Crippen LogP contribution in [0.2, 0.25) is 5.02 Å². The summed E-state index contributed by atoms with van der Waals surface area (Å²) in [5, 5.41) is 10.5. The molecule has 1 aromatic carbocycles. The van der Waals surface area contributed by atoms with Crippen molar-refractivity contribution < 1.29 is 14.6 Å². The minimum absolute atomic E-state index is 0.00969. The maximum atomic E-state index is 12.2. The van der Waals surface area contributed by atoms with Gasteiger partial charge in [0.2, 0.25) is 0 Å². The van der Waals surface area contributed by atoms with Gasteiger partial charge in [-0.2, -0.15) is 0 Å². The molecule has 0 radical (unpaired) electrons. The van der Waals surface area contributed by atoms with Crippen molar-refractivity contribution in [1.82, 2.24) is 4.90 Å². The van der Waals surface area contributed by atoms with E-state index in [1.165, 1.54) is 0 Å². The average molecular weight is 375 g/mol. The molecule has 114 valence electrons. The molecule has 1 heterocycles. The first kappa shape index (κ1) is 15.1. The Bertz CT molecular complexity index is 554. The Morgan fingerprint density at radius 2 is 2.24 bits per heavy atom. The summed E-state index contributed by atoms with van der Waals surface area (Å²) in [4.78, 5) is 14.0. The van der Waals surface area contributed by atoms with Crippen molar-refractivity contribution in [1.29, 1.82) is 0 Å². The van der Waals surface area contributed by atoms with Gasteiger partial charge in [0.1, 0.15) is 5.75 Å². The van der Waals surface area contributed by atoms with Crippen LogP contribution in [0.25, 0.3) is 0 Å². The molecule has 1 saturated carbocycles. The Morgan fingerprint density at radius 3 is 2.95 bits per heavy atom. The molecular formula is C15H17BrClNO3. The lowest BCUT2D eigenvalue weighted by Gasteiger charge is -2.19. The first-order valence-electron chi connectivity index (χ1n) is 7.08. The molecule has 3 atom stereocenters. The smallest absolute Gasteiger partial charge is 0.260 e. The average Bonchev–Trinajstić information content (AvgIpc) is 3.00. The van der Waals surface area contributed by atoms with E-state index in [4.69, 9.17) is 16.3 Å². The monoisotopic (exact) mass is 373 g/mol. The molecule has 0 spiro atoms. The zero-order valence-electron chi connectivity index (χ0n) is 11.5. The first-order chi connectivity index (χ1) is 10.0. The SMILES string of the molecule is O=C(COc1ccc(Cl)cc1Br)N1CC2CCC(O)C2C1. The highest BCUT2D eigenvalue weighted by Crippen LogP contribution is 2.38. The van der Waals surface area contributed by atoms with Gasteiger partial charge in [-0.05, 0) is 52.9 Å². The summed E-state index contributed by atoms with van der Waals surface area (Å²) in [5.41, 5.74) is 0. The normalized spacial score (nSPS) is 27.8. The number of carbonyl (C=O) groups excluding carboxylic acids is 1. The molecular weight excluding hydrogens is 358 g/mol. The van der Waals surface area contributed by atoms with Crippen LogP contribution in [0.15, 0.2) is 22.7 Å². The van der Waals surface area contributed by atoms with E-state index < -0.39 is 0 Å². The highest BCUT2D eigenvalue weighted by molar-refractivity contribution is 9.10. The van der Waals surface area contributed by atoms with Gasteiger partial charge in [0.05, 0.1) is 10.6 Å². The molecule has 1 aliphatic carbocycles. The van der Waals surface area contributed by atoms with Gasteiger partial charge in [0.15, 0.2) is 6.61 Å². The summed E-state index contributed by atoms with van der Waals surface area (Å²) in [5.74, 6) is 1.27. The Hall–Kier alpha value is -0.780. The third-order valence-corrected chi connectivity index (χ3v) is 5.27. The summed E-state index contributed by atoms with van der Waals surface area (Å²) in [6, 6.07) is 5.20. The van der Waals surface area contributed by atoms with Crippen molar-refractivity contribution in [3.63, 3.8) is 0 Å². The highest BCUT2D eigenvalue weighted by atomic mass is 79.9. The number of fused-ring (bicyclic) bond motifs is 1. The number of nitrogens with zero attached hydrogens (tertiary/aromatic N) is 1. The van der Waals surface area contributed by atoms with Crippen molar-refractivity contribution in [2.24, 2.45) is 11.8 Å². The molecule has 3 unspecified atom stereocenters. The van der Waals surface area contributed by atoms with Crippen LogP contribution < -0.4 is 4.74 Å². The number of carbonyl (C=O) groups is 1. The predicted molar refractivity (Wildman–Crippen MR) is 83.4 cm³/mol.